The van der Waals surface area contributed by atoms with Gasteiger partial charge >= 0.3 is 5.82 Å². The van der Waals surface area contributed by atoms with Gasteiger partial charge in [-0.25, -0.2) is 4.98 Å². The molecule has 6 nitrogen and oxygen atoms in total. The molecule has 3 N–H and O–H groups in total. The summed E-state index contributed by atoms with van der Waals surface area (Å²) >= 11 is 0. The number of fused-ring (bicyclic) bond motifs is 1. The second-order valence-electron chi connectivity index (χ2n) is 3.02. The quantitative estimate of drug-likeness (QED) is 0.535. The molecule has 0 saturated carbocycles. The number of aromatic nitrogens is 1. The minimum absolute atomic E-state index is 0.348. The van der Waals surface area contributed by atoms with Crippen LogP contribution in [-0.4, -0.2) is 9.91 Å². The number of aromatic amines is 1. The van der Waals surface area contributed by atoms with Crippen LogP contribution in [0.15, 0.2) is 29.1 Å². The van der Waals surface area contributed by atoms with E-state index in [1.807, 2.05) is 0 Å². The van der Waals surface area contributed by atoms with Gasteiger partial charge in [-0.2, -0.15) is 0 Å². The van der Waals surface area contributed by atoms with Gasteiger partial charge in [0.05, 0.1) is 5.39 Å². The van der Waals surface area contributed by atoms with Crippen LogP contribution in [0, 0.1) is 10.1 Å². The minimum atomic E-state index is -0.705. The van der Waals surface area contributed by atoms with Gasteiger partial charge in [-0.1, -0.05) is 12.1 Å². The zero-order valence-electron chi connectivity index (χ0n) is 7.56. The predicted molar refractivity (Wildman–Crippen MR) is 55.6 cm³/mol. The molecule has 2 aromatic rings. The molecular formula is C9H7N3O3. The number of nitrogens with zero attached hydrogens (tertiary/aromatic N) is 1. The molecule has 0 aliphatic rings. The van der Waals surface area contributed by atoms with Crippen molar-refractivity contribution in [2.45, 2.75) is 0 Å². The zero-order chi connectivity index (χ0) is 11.0. The normalized spacial score (nSPS) is 10.4. The lowest BCUT2D eigenvalue weighted by atomic mass is 10.2. The molecule has 0 aliphatic heterocycles. The zero-order valence-corrected chi connectivity index (χ0v) is 7.56. The number of nitrogens with one attached hydrogen (secondary N) is 1. The Morgan fingerprint density at radius 2 is 2.00 bits per heavy atom. The van der Waals surface area contributed by atoms with Crippen LogP contribution in [-0.2, 0) is 0 Å². The highest BCUT2D eigenvalue weighted by molar-refractivity contribution is 5.83. The van der Waals surface area contributed by atoms with E-state index < -0.39 is 16.2 Å². The SMILES string of the molecule is Nc1c([N+](=O)[O-])[nH]c2ccccc2c1=O. The van der Waals surface area contributed by atoms with Crippen LogP contribution in [0.4, 0.5) is 11.5 Å². The molecule has 0 fully saturated rings. The van der Waals surface area contributed by atoms with Crippen LogP contribution in [0.2, 0.25) is 0 Å². The topological polar surface area (TPSA) is 102 Å². The smallest absolute Gasteiger partial charge is 0.348 e. The van der Waals surface area contributed by atoms with E-state index in [0.29, 0.717) is 10.9 Å². The van der Waals surface area contributed by atoms with Crippen LogP contribution in [0.1, 0.15) is 0 Å². The van der Waals surface area contributed by atoms with Crippen molar-refractivity contribution in [3.8, 4) is 0 Å². The summed E-state index contributed by atoms with van der Waals surface area (Å²) in [7, 11) is 0. The van der Waals surface area contributed by atoms with Crippen molar-refractivity contribution < 1.29 is 4.92 Å². The highest BCUT2D eigenvalue weighted by Gasteiger charge is 2.16. The third kappa shape index (κ3) is 1.32. The van der Waals surface area contributed by atoms with Crippen LogP contribution in [0.3, 0.4) is 0 Å². The van der Waals surface area contributed by atoms with Crippen LogP contribution in [0.5, 0.6) is 0 Å². The Hall–Kier alpha value is -2.37. The minimum Gasteiger partial charge on any atom is -0.389 e. The van der Waals surface area contributed by atoms with Crippen molar-refractivity contribution in [2.75, 3.05) is 5.73 Å². The van der Waals surface area contributed by atoms with Gasteiger partial charge in [0.15, 0.2) is 5.69 Å². The van der Waals surface area contributed by atoms with Gasteiger partial charge in [-0.15, -0.1) is 0 Å². The van der Waals surface area contributed by atoms with Crippen molar-refractivity contribution in [2.24, 2.45) is 0 Å². The lowest BCUT2D eigenvalue weighted by molar-refractivity contribution is -0.388. The average molecular weight is 205 g/mol. The van der Waals surface area contributed by atoms with E-state index in [1.165, 1.54) is 0 Å². The molecule has 0 amide bonds. The molecule has 1 aromatic heterocycles. The number of anilines is 1. The number of nitrogens with two attached hydrogens (primary N) is 1. The molecule has 2 rings (SSSR count). The number of benzene rings is 1. The fraction of sp³-hybridized carbons (Fsp3) is 0. The highest BCUT2D eigenvalue weighted by Crippen LogP contribution is 2.18. The molecule has 6 heteroatoms. The van der Waals surface area contributed by atoms with Crippen molar-refractivity contribution in [3.63, 3.8) is 0 Å². The largest absolute Gasteiger partial charge is 0.389 e. The molecule has 0 spiro atoms. The van der Waals surface area contributed by atoms with E-state index in [1.54, 1.807) is 24.3 Å². The summed E-state index contributed by atoms with van der Waals surface area (Å²) in [6, 6.07) is 6.50. The molecule has 0 saturated heterocycles. The summed E-state index contributed by atoms with van der Waals surface area (Å²) in [5, 5.41) is 10.9. The molecule has 15 heavy (non-hydrogen) atoms. The maximum atomic E-state index is 11.6. The first kappa shape index (κ1) is 9.20. The Morgan fingerprint density at radius 3 is 2.67 bits per heavy atom. The maximum Gasteiger partial charge on any atom is 0.348 e. The van der Waals surface area contributed by atoms with Crippen molar-refractivity contribution in [3.05, 3.63) is 44.6 Å². The number of para-hydroxylation sites is 1. The molecule has 0 aliphatic carbocycles. The van der Waals surface area contributed by atoms with Gasteiger partial charge in [0.1, 0.15) is 5.52 Å². The summed E-state index contributed by atoms with van der Waals surface area (Å²) in [5.41, 5.74) is 4.89. The van der Waals surface area contributed by atoms with E-state index in [2.05, 4.69) is 4.98 Å². The standard InChI is InChI=1S/C9H7N3O3/c10-7-8(13)5-3-1-2-4-6(5)11-9(7)12(14)15/h1-4H,10H2,(H,11,13). The van der Waals surface area contributed by atoms with E-state index in [4.69, 9.17) is 5.73 Å². The first-order valence-electron chi connectivity index (χ1n) is 4.16. The fourth-order valence-corrected chi connectivity index (χ4v) is 1.38. The lowest BCUT2D eigenvalue weighted by Gasteiger charge is -2.00. The third-order valence-electron chi connectivity index (χ3n) is 2.11. The molecule has 76 valence electrons. The number of hydrogen-bond acceptors (Lipinski definition) is 4. The van der Waals surface area contributed by atoms with Crippen LogP contribution < -0.4 is 11.2 Å². The molecule has 1 heterocycles. The van der Waals surface area contributed by atoms with Gasteiger partial charge in [-0.05, 0) is 17.1 Å². The number of hydrogen-bond donors (Lipinski definition) is 2. The number of nitro groups is 1. The van der Waals surface area contributed by atoms with Gasteiger partial charge < -0.3 is 15.8 Å². The van der Waals surface area contributed by atoms with E-state index >= 15 is 0 Å². The Kier molecular flexibility index (Phi) is 1.89. The Bertz CT molecular complexity index is 603. The van der Waals surface area contributed by atoms with Crippen molar-refractivity contribution >= 4 is 22.4 Å². The number of rotatable bonds is 1. The second kappa shape index (κ2) is 3.09. The summed E-state index contributed by atoms with van der Waals surface area (Å²) in [4.78, 5) is 24.0. The summed E-state index contributed by atoms with van der Waals surface area (Å²) in [6.07, 6.45) is 0. The van der Waals surface area contributed by atoms with E-state index in [9.17, 15) is 14.9 Å². The molecule has 0 bridgehead atoms. The van der Waals surface area contributed by atoms with Gasteiger partial charge in [0.2, 0.25) is 5.43 Å². The highest BCUT2D eigenvalue weighted by atomic mass is 16.6. The average Bonchev–Trinajstić information content (AvgIpc) is 2.23. The van der Waals surface area contributed by atoms with Crippen molar-refractivity contribution in [1.82, 2.24) is 4.98 Å². The van der Waals surface area contributed by atoms with Crippen molar-refractivity contribution in [1.29, 1.82) is 0 Å². The fourth-order valence-electron chi connectivity index (χ4n) is 1.38. The molecule has 0 atom stereocenters. The third-order valence-corrected chi connectivity index (χ3v) is 2.11. The molecule has 0 unspecified atom stereocenters. The van der Waals surface area contributed by atoms with Gasteiger partial charge in [0.25, 0.3) is 0 Å². The van der Waals surface area contributed by atoms with Gasteiger partial charge in [-0.3, -0.25) is 4.79 Å². The first-order valence-corrected chi connectivity index (χ1v) is 4.16. The Balaban J connectivity index is 2.95. The maximum absolute atomic E-state index is 11.6. The lowest BCUT2D eigenvalue weighted by Crippen LogP contribution is -2.12. The summed E-state index contributed by atoms with van der Waals surface area (Å²) in [6.45, 7) is 0. The Labute approximate surface area is 83.5 Å². The number of nitrogen functional groups attached to an aromatic ring is 1. The van der Waals surface area contributed by atoms with E-state index in [-0.39, 0.29) is 5.69 Å². The predicted octanol–water partition coefficient (Wildman–Crippen LogP) is 1.02. The molecule has 1 aromatic carbocycles. The first-order chi connectivity index (χ1) is 7.11. The monoisotopic (exact) mass is 205 g/mol. The number of pyridine rings is 1. The number of H-pyrrole nitrogens is 1. The van der Waals surface area contributed by atoms with Crippen LogP contribution >= 0.6 is 0 Å². The summed E-state index contributed by atoms with van der Waals surface area (Å²) < 4.78 is 0. The van der Waals surface area contributed by atoms with Gasteiger partial charge in [0, 0.05) is 0 Å². The van der Waals surface area contributed by atoms with E-state index in [0.717, 1.165) is 0 Å². The molecular weight excluding hydrogens is 198 g/mol. The van der Waals surface area contributed by atoms with Crippen LogP contribution in [0.25, 0.3) is 10.9 Å². The molecule has 0 radical (unpaired) electrons. The summed E-state index contributed by atoms with van der Waals surface area (Å²) in [5.74, 6) is -0.460. The Morgan fingerprint density at radius 1 is 1.33 bits per heavy atom. The second-order valence-corrected chi connectivity index (χ2v) is 3.02.